The smallest absolute Gasteiger partial charge is 0.138 e. The van der Waals surface area contributed by atoms with Crippen molar-refractivity contribution in [3.8, 4) is 17.7 Å². The van der Waals surface area contributed by atoms with Gasteiger partial charge < -0.3 is 0 Å². The fourth-order valence-electron chi connectivity index (χ4n) is 3.10. The minimum Gasteiger partial charge on any atom is -0.286 e. The van der Waals surface area contributed by atoms with E-state index >= 15 is 0 Å². The molecule has 2 heteroatoms. The van der Waals surface area contributed by atoms with Crippen LogP contribution in [0.5, 0.6) is 0 Å². The van der Waals surface area contributed by atoms with Crippen LogP contribution in [0.2, 0.25) is 0 Å². The van der Waals surface area contributed by atoms with Crippen molar-refractivity contribution in [1.29, 1.82) is 0 Å². The molecule has 0 unspecified atom stereocenters. The van der Waals surface area contributed by atoms with Gasteiger partial charge in [-0.15, -0.1) is 0 Å². The average Bonchev–Trinajstić information content (AvgIpc) is 2.93. The van der Waals surface area contributed by atoms with Gasteiger partial charge in [0.25, 0.3) is 0 Å². The van der Waals surface area contributed by atoms with E-state index in [1.807, 2.05) is 55.5 Å². The van der Waals surface area contributed by atoms with Gasteiger partial charge in [-0.25, -0.2) is 4.98 Å². The Morgan fingerprint density at radius 2 is 1.52 bits per heavy atom. The topological polar surface area (TPSA) is 17.8 Å². The highest BCUT2D eigenvalue weighted by atomic mass is 15.1. The van der Waals surface area contributed by atoms with Crippen molar-refractivity contribution in [3.05, 3.63) is 95.3 Å². The maximum Gasteiger partial charge on any atom is 0.138 e. The Balaban J connectivity index is 1.99. The van der Waals surface area contributed by atoms with E-state index in [0.29, 0.717) is 0 Å². The molecular formula is C23H18N2. The molecule has 0 bridgehead atoms. The van der Waals surface area contributed by atoms with Gasteiger partial charge in [0.2, 0.25) is 0 Å². The highest BCUT2D eigenvalue weighted by Gasteiger charge is 2.14. The normalized spacial score (nSPS) is 10.5. The predicted molar refractivity (Wildman–Crippen MR) is 103 cm³/mol. The number of nitrogens with zero attached hydrogens (tertiary/aromatic N) is 2. The highest BCUT2D eigenvalue weighted by molar-refractivity contribution is 5.88. The molecule has 2 nitrogen and oxygen atoms in total. The second kappa shape index (κ2) is 6.30. The van der Waals surface area contributed by atoms with Crippen LogP contribution in [0, 0.1) is 25.7 Å². The monoisotopic (exact) mass is 322 g/mol. The lowest BCUT2D eigenvalue weighted by atomic mass is 10.1. The molecule has 0 N–H and O–H groups in total. The quantitative estimate of drug-likeness (QED) is 0.449. The number of benzene rings is 2. The van der Waals surface area contributed by atoms with E-state index in [4.69, 9.17) is 4.98 Å². The summed E-state index contributed by atoms with van der Waals surface area (Å²) in [6.07, 6.45) is 0. The second-order valence-electron chi connectivity index (χ2n) is 6.08. The number of aryl methyl sites for hydroxylation is 2. The Kier molecular flexibility index (Phi) is 3.84. The summed E-state index contributed by atoms with van der Waals surface area (Å²) in [5.74, 6) is 7.57. The van der Waals surface area contributed by atoms with Gasteiger partial charge in [-0.3, -0.25) is 4.57 Å². The van der Waals surface area contributed by atoms with Crippen molar-refractivity contribution in [3.63, 3.8) is 0 Å². The first kappa shape index (κ1) is 15.2. The molecule has 2 aromatic carbocycles. The summed E-state index contributed by atoms with van der Waals surface area (Å²) >= 11 is 0. The molecular weight excluding hydrogens is 304 g/mol. The summed E-state index contributed by atoms with van der Waals surface area (Å²) in [5, 5.41) is 1.21. The third kappa shape index (κ3) is 2.81. The van der Waals surface area contributed by atoms with E-state index in [-0.39, 0.29) is 0 Å². The Bertz CT molecular complexity index is 1110. The fraction of sp³-hybridized carbons (Fsp3) is 0.0870. The van der Waals surface area contributed by atoms with Crippen molar-refractivity contribution in [2.75, 3.05) is 0 Å². The minimum absolute atomic E-state index is 0.904. The lowest BCUT2D eigenvalue weighted by molar-refractivity contribution is 0.999. The van der Waals surface area contributed by atoms with Crippen molar-refractivity contribution >= 4 is 10.9 Å². The maximum absolute atomic E-state index is 4.72. The van der Waals surface area contributed by atoms with E-state index in [2.05, 4.69) is 47.6 Å². The van der Waals surface area contributed by atoms with E-state index in [9.17, 15) is 0 Å². The van der Waals surface area contributed by atoms with Gasteiger partial charge in [-0.05, 0) is 55.7 Å². The van der Waals surface area contributed by atoms with Crippen molar-refractivity contribution in [2.45, 2.75) is 13.8 Å². The number of hydrogen-bond acceptors (Lipinski definition) is 1. The van der Waals surface area contributed by atoms with Crippen molar-refractivity contribution in [2.24, 2.45) is 0 Å². The van der Waals surface area contributed by atoms with Crippen LogP contribution in [-0.2, 0) is 0 Å². The first-order chi connectivity index (χ1) is 12.2. The molecule has 2 heterocycles. The lowest BCUT2D eigenvalue weighted by Gasteiger charge is -2.07. The van der Waals surface area contributed by atoms with Crippen molar-refractivity contribution < 1.29 is 0 Å². The molecule has 0 saturated carbocycles. The largest absolute Gasteiger partial charge is 0.286 e. The third-order valence-electron chi connectivity index (χ3n) is 4.33. The highest BCUT2D eigenvalue weighted by Crippen LogP contribution is 2.28. The number of hydrogen-bond donors (Lipinski definition) is 0. The number of aromatic nitrogens is 2. The number of fused-ring (bicyclic) bond motifs is 1. The van der Waals surface area contributed by atoms with Gasteiger partial charge in [0.05, 0.1) is 5.52 Å². The van der Waals surface area contributed by atoms with Crippen LogP contribution in [0.4, 0.5) is 0 Å². The van der Waals surface area contributed by atoms with Crippen LogP contribution in [0.25, 0.3) is 16.7 Å². The van der Waals surface area contributed by atoms with Crippen LogP contribution in [0.1, 0.15) is 22.5 Å². The van der Waals surface area contributed by atoms with Gasteiger partial charge in [-0.1, -0.05) is 48.4 Å². The molecule has 4 rings (SSSR count). The van der Waals surface area contributed by atoms with Gasteiger partial charge in [0.1, 0.15) is 11.5 Å². The number of para-hydroxylation sites is 1. The molecule has 0 aliphatic carbocycles. The molecule has 0 spiro atoms. The SMILES string of the molecule is Cc1cccc(-n2c(C#Cc3ccccc3)c(C)c3ccccc32)n1. The molecule has 120 valence electrons. The second-order valence-corrected chi connectivity index (χ2v) is 6.08. The molecule has 0 aliphatic rings. The van der Waals surface area contributed by atoms with E-state index in [1.165, 1.54) is 10.9 Å². The zero-order valence-electron chi connectivity index (χ0n) is 14.3. The molecule has 0 amide bonds. The zero-order chi connectivity index (χ0) is 17.2. The van der Waals surface area contributed by atoms with Crippen LogP contribution >= 0.6 is 0 Å². The Labute approximate surface area is 147 Å². The summed E-state index contributed by atoms with van der Waals surface area (Å²) in [5.41, 5.74) is 5.31. The summed E-state index contributed by atoms with van der Waals surface area (Å²) in [6, 6.07) is 24.6. The zero-order valence-corrected chi connectivity index (χ0v) is 14.3. The Morgan fingerprint density at radius 1 is 0.760 bits per heavy atom. The summed E-state index contributed by atoms with van der Waals surface area (Å²) < 4.78 is 2.16. The van der Waals surface area contributed by atoms with Gasteiger partial charge in [-0.2, -0.15) is 0 Å². The molecule has 0 fully saturated rings. The maximum atomic E-state index is 4.72. The fourth-order valence-corrected chi connectivity index (χ4v) is 3.10. The van der Waals surface area contributed by atoms with E-state index in [0.717, 1.165) is 28.3 Å². The standard InChI is InChI=1S/C23H18N2/c1-17-9-8-14-23(24-17)25-21(16-15-19-10-4-3-5-11-19)18(2)20-12-6-7-13-22(20)25/h3-14H,1-2H3. The van der Waals surface area contributed by atoms with Gasteiger partial charge in [0, 0.05) is 16.6 Å². The number of rotatable bonds is 1. The first-order valence-corrected chi connectivity index (χ1v) is 8.35. The molecule has 4 aromatic rings. The van der Waals surface area contributed by atoms with E-state index in [1.54, 1.807) is 0 Å². The van der Waals surface area contributed by atoms with Gasteiger partial charge in [0.15, 0.2) is 0 Å². The summed E-state index contributed by atoms with van der Waals surface area (Å²) in [6.45, 7) is 4.14. The summed E-state index contributed by atoms with van der Waals surface area (Å²) in [4.78, 5) is 4.72. The molecule has 25 heavy (non-hydrogen) atoms. The Hall–Kier alpha value is -3.31. The molecule has 0 aliphatic heterocycles. The molecule has 0 saturated heterocycles. The van der Waals surface area contributed by atoms with Crippen LogP contribution in [-0.4, -0.2) is 9.55 Å². The first-order valence-electron chi connectivity index (χ1n) is 8.35. The van der Waals surface area contributed by atoms with Crippen LogP contribution in [0.15, 0.2) is 72.8 Å². The predicted octanol–water partition coefficient (Wildman–Crippen LogP) is 5.04. The summed E-state index contributed by atoms with van der Waals surface area (Å²) in [7, 11) is 0. The van der Waals surface area contributed by atoms with Gasteiger partial charge >= 0.3 is 0 Å². The molecule has 0 radical (unpaired) electrons. The lowest BCUT2D eigenvalue weighted by Crippen LogP contribution is -2.01. The average molecular weight is 322 g/mol. The van der Waals surface area contributed by atoms with E-state index < -0.39 is 0 Å². The molecule has 2 aromatic heterocycles. The minimum atomic E-state index is 0.904. The third-order valence-corrected chi connectivity index (χ3v) is 4.33. The van der Waals surface area contributed by atoms with Crippen LogP contribution < -0.4 is 0 Å². The van der Waals surface area contributed by atoms with Crippen LogP contribution in [0.3, 0.4) is 0 Å². The number of pyridine rings is 1. The molecule has 0 atom stereocenters. The van der Waals surface area contributed by atoms with Crippen molar-refractivity contribution in [1.82, 2.24) is 9.55 Å². The Morgan fingerprint density at radius 3 is 2.32 bits per heavy atom.